The summed E-state index contributed by atoms with van der Waals surface area (Å²) in [6.45, 7) is 0.198. The number of rotatable bonds is 1. The zero-order valence-electron chi connectivity index (χ0n) is 20.0. The van der Waals surface area contributed by atoms with E-state index in [1.807, 2.05) is 18.2 Å². The van der Waals surface area contributed by atoms with Gasteiger partial charge in [0, 0.05) is 53.6 Å². The number of sulfonamides is 1. The molecule has 6 rings (SSSR count). The number of pyridine rings is 4. The molecule has 0 atom stereocenters. The van der Waals surface area contributed by atoms with Crippen molar-refractivity contribution < 1.29 is 17.9 Å². The largest absolute Gasteiger partial charge is 0.480 e. The maximum absolute atomic E-state index is 13.3. The molecular formula is C27H20N6O4S. The molecule has 0 aliphatic carbocycles. The predicted octanol–water partition coefficient (Wildman–Crippen LogP) is 3.81. The van der Waals surface area contributed by atoms with E-state index in [1.54, 1.807) is 43.0 Å². The van der Waals surface area contributed by atoms with E-state index in [0.29, 0.717) is 22.3 Å². The number of aromatic nitrogens is 4. The third kappa shape index (κ3) is 4.28. The zero-order chi connectivity index (χ0) is 26.3. The van der Waals surface area contributed by atoms with Crippen molar-refractivity contribution >= 4 is 32.7 Å². The van der Waals surface area contributed by atoms with Gasteiger partial charge in [0.05, 0.1) is 28.7 Å². The minimum atomic E-state index is -4.09. The number of anilines is 1. The third-order valence-corrected chi connectivity index (χ3v) is 7.50. The van der Waals surface area contributed by atoms with Gasteiger partial charge in [-0.2, -0.15) is 0 Å². The molecule has 8 bridgehead atoms. The van der Waals surface area contributed by atoms with Gasteiger partial charge >= 0.3 is 0 Å². The first-order chi connectivity index (χ1) is 18.4. The van der Waals surface area contributed by atoms with Crippen molar-refractivity contribution in [3.05, 3.63) is 90.5 Å². The Morgan fingerprint density at radius 2 is 1.82 bits per heavy atom. The summed E-state index contributed by atoms with van der Waals surface area (Å²) >= 11 is 0. The van der Waals surface area contributed by atoms with Gasteiger partial charge in [-0.25, -0.2) is 18.4 Å². The number of hydrogen-bond acceptors (Lipinski definition) is 8. The van der Waals surface area contributed by atoms with Crippen molar-refractivity contribution in [2.24, 2.45) is 0 Å². The van der Waals surface area contributed by atoms with E-state index in [4.69, 9.17) is 9.72 Å². The molecule has 0 unspecified atom stereocenters. The number of benzene rings is 1. The molecule has 10 nitrogen and oxygen atoms in total. The zero-order valence-corrected chi connectivity index (χ0v) is 20.9. The first-order valence-corrected chi connectivity index (χ1v) is 13.1. The quantitative estimate of drug-likeness (QED) is 0.338. The smallest absolute Gasteiger partial charge is 0.262 e. The number of methoxy groups -OCH3 is 1. The molecule has 1 aliphatic rings. The van der Waals surface area contributed by atoms with Crippen molar-refractivity contribution in [3.63, 3.8) is 0 Å². The summed E-state index contributed by atoms with van der Waals surface area (Å²) in [6, 6.07) is 14.8. The fourth-order valence-electron chi connectivity index (χ4n) is 4.27. The van der Waals surface area contributed by atoms with Crippen LogP contribution in [0.3, 0.4) is 0 Å². The number of amides is 1. The lowest BCUT2D eigenvalue weighted by Crippen LogP contribution is -2.23. The number of carbonyl (C=O) groups excluding carboxylic acids is 1. The summed E-state index contributed by atoms with van der Waals surface area (Å²) < 4.78 is 34.4. The second-order valence-electron chi connectivity index (χ2n) is 8.60. The van der Waals surface area contributed by atoms with Crippen molar-refractivity contribution in [2.75, 3.05) is 11.8 Å². The molecule has 38 heavy (non-hydrogen) atoms. The Labute approximate surface area is 217 Å². The van der Waals surface area contributed by atoms with Crippen LogP contribution in [-0.2, 0) is 16.6 Å². The molecule has 0 fully saturated rings. The van der Waals surface area contributed by atoms with Crippen LogP contribution in [0.15, 0.2) is 84.3 Å². The molecule has 2 N–H and O–H groups in total. The highest BCUT2D eigenvalue weighted by Crippen LogP contribution is 2.32. The Balaban J connectivity index is 1.59. The van der Waals surface area contributed by atoms with Gasteiger partial charge < -0.3 is 10.1 Å². The maximum atomic E-state index is 13.3. The fraction of sp³-hybridized carbons (Fsp3) is 0.0741. The second-order valence-corrected chi connectivity index (χ2v) is 10.3. The van der Waals surface area contributed by atoms with Crippen LogP contribution in [0.4, 0.5) is 5.69 Å². The van der Waals surface area contributed by atoms with Crippen molar-refractivity contribution in [1.82, 2.24) is 25.3 Å². The van der Waals surface area contributed by atoms with E-state index in [0.717, 1.165) is 16.7 Å². The molecule has 0 saturated carbocycles. The van der Waals surface area contributed by atoms with Crippen LogP contribution in [0, 0.1) is 0 Å². The molecule has 0 radical (unpaired) electrons. The van der Waals surface area contributed by atoms with Crippen molar-refractivity contribution in [2.45, 2.75) is 11.4 Å². The predicted molar refractivity (Wildman–Crippen MR) is 141 cm³/mol. The maximum Gasteiger partial charge on any atom is 0.262 e. The lowest BCUT2D eigenvalue weighted by atomic mass is 10.0. The van der Waals surface area contributed by atoms with E-state index in [9.17, 15) is 13.2 Å². The summed E-state index contributed by atoms with van der Waals surface area (Å²) in [5.41, 5.74) is 5.20. The SMILES string of the molecule is COc1ncc2cc1NS(=O)(=O)c1cccc(c1)C(=O)NCc1cncc(c1)-c1ccnc3ccc-2nc13. The Kier molecular flexibility index (Phi) is 5.69. The summed E-state index contributed by atoms with van der Waals surface area (Å²) in [6.07, 6.45) is 6.67. The average molecular weight is 525 g/mol. The van der Waals surface area contributed by atoms with Crippen LogP contribution < -0.4 is 14.8 Å². The van der Waals surface area contributed by atoms with Crippen LogP contribution in [0.5, 0.6) is 5.88 Å². The monoisotopic (exact) mass is 524 g/mol. The lowest BCUT2D eigenvalue weighted by molar-refractivity contribution is 0.0950. The number of fused-ring (bicyclic) bond motifs is 9. The Morgan fingerprint density at radius 3 is 2.68 bits per heavy atom. The summed E-state index contributed by atoms with van der Waals surface area (Å²) in [4.78, 5) is 30.8. The first kappa shape index (κ1) is 23.5. The van der Waals surface area contributed by atoms with Gasteiger partial charge in [-0.1, -0.05) is 6.07 Å². The topological polar surface area (TPSA) is 136 Å². The van der Waals surface area contributed by atoms with Gasteiger partial charge in [0.1, 0.15) is 5.69 Å². The molecule has 5 heterocycles. The number of hydrogen-bond donors (Lipinski definition) is 2. The van der Waals surface area contributed by atoms with E-state index in [2.05, 4.69) is 25.0 Å². The minimum absolute atomic E-state index is 0.0815. The van der Waals surface area contributed by atoms with E-state index in [1.165, 1.54) is 25.3 Å². The van der Waals surface area contributed by atoms with Crippen LogP contribution in [-0.4, -0.2) is 41.4 Å². The van der Waals surface area contributed by atoms with Crippen LogP contribution in [0.1, 0.15) is 15.9 Å². The van der Waals surface area contributed by atoms with Crippen LogP contribution in [0.25, 0.3) is 33.4 Å². The normalized spacial score (nSPS) is 14.2. The number of carbonyl (C=O) groups is 1. The van der Waals surface area contributed by atoms with Crippen LogP contribution in [0.2, 0.25) is 0 Å². The molecular weight excluding hydrogens is 504 g/mol. The molecule has 11 heteroatoms. The molecule has 0 saturated heterocycles. The lowest BCUT2D eigenvalue weighted by Gasteiger charge is -2.14. The molecule has 1 aromatic carbocycles. The molecule has 188 valence electrons. The van der Waals surface area contributed by atoms with Gasteiger partial charge in [0.15, 0.2) is 0 Å². The average Bonchev–Trinajstić information content (AvgIpc) is 2.95. The van der Waals surface area contributed by atoms with E-state index < -0.39 is 15.9 Å². The molecule has 0 spiro atoms. The fourth-order valence-corrected chi connectivity index (χ4v) is 5.36. The Morgan fingerprint density at radius 1 is 0.921 bits per heavy atom. The van der Waals surface area contributed by atoms with Crippen molar-refractivity contribution in [3.8, 4) is 28.3 Å². The molecule has 4 aromatic heterocycles. The van der Waals surface area contributed by atoms with Crippen LogP contribution >= 0.6 is 0 Å². The van der Waals surface area contributed by atoms with Gasteiger partial charge in [0.2, 0.25) is 5.88 Å². The van der Waals surface area contributed by atoms with E-state index in [-0.39, 0.29) is 28.6 Å². The highest BCUT2D eigenvalue weighted by molar-refractivity contribution is 7.92. The van der Waals surface area contributed by atoms with Gasteiger partial charge in [-0.05, 0) is 54.1 Å². The van der Waals surface area contributed by atoms with Gasteiger partial charge in [-0.3, -0.25) is 19.5 Å². The van der Waals surface area contributed by atoms with E-state index >= 15 is 0 Å². The molecule has 5 aromatic rings. The number of nitrogens with one attached hydrogen (secondary N) is 2. The molecule has 1 aliphatic heterocycles. The van der Waals surface area contributed by atoms with Crippen molar-refractivity contribution in [1.29, 1.82) is 0 Å². The Bertz CT molecular complexity index is 1840. The Hall–Kier alpha value is -4.90. The highest BCUT2D eigenvalue weighted by Gasteiger charge is 2.20. The highest BCUT2D eigenvalue weighted by atomic mass is 32.2. The summed E-state index contributed by atoms with van der Waals surface area (Å²) in [5.74, 6) is -0.331. The summed E-state index contributed by atoms with van der Waals surface area (Å²) in [7, 11) is -2.69. The first-order valence-electron chi connectivity index (χ1n) is 11.6. The van der Waals surface area contributed by atoms with Gasteiger partial charge in [0.25, 0.3) is 15.9 Å². The minimum Gasteiger partial charge on any atom is -0.480 e. The van der Waals surface area contributed by atoms with Gasteiger partial charge in [-0.15, -0.1) is 0 Å². The standard InChI is InChI=1S/C27H20N6O4S/c1-37-27-24-11-19(15-31-27)22-5-6-23-25(32-22)21(7-8-29-23)18-9-16(12-28-14-18)13-30-26(34)17-3-2-4-20(10-17)38(35,36)33-24/h2-12,14-15,33H,13H2,1H3,(H,30,34). The second kappa shape index (κ2) is 9.20. The third-order valence-electron chi connectivity index (χ3n) is 6.13. The number of ether oxygens (including phenoxy) is 1. The summed E-state index contributed by atoms with van der Waals surface area (Å²) in [5, 5.41) is 2.83. The number of nitrogens with zero attached hydrogens (tertiary/aromatic N) is 4. The molecule has 1 amide bonds.